The van der Waals surface area contributed by atoms with E-state index in [2.05, 4.69) is 31.9 Å². The topological polar surface area (TPSA) is 35.2 Å². The molecule has 80 valence electrons. The fourth-order valence-electron chi connectivity index (χ4n) is 2.09. The van der Waals surface area contributed by atoms with Crippen molar-refractivity contribution in [1.29, 1.82) is 0 Å². The van der Waals surface area contributed by atoms with Gasteiger partial charge in [-0.25, -0.2) is 0 Å². The molecular weight excluding hydrogens is 205 g/mol. The summed E-state index contributed by atoms with van der Waals surface area (Å²) in [6, 6.07) is 6.54. The van der Waals surface area contributed by atoms with Crippen LogP contribution in [0.5, 0.6) is 0 Å². The molecule has 1 atom stereocenters. The van der Waals surface area contributed by atoms with Gasteiger partial charge in [0.2, 0.25) is 0 Å². The predicted molar refractivity (Wildman–Crippen MR) is 66.7 cm³/mol. The number of nitrogens with two attached hydrogens (primary N) is 1. The number of hydrogen-bond acceptors (Lipinski definition) is 3. The third kappa shape index (κ3) is 2.07. The van der Waals surface area contributed by atoms with E-state index in [1.165, 1.54) is 15.9 Å². The number of benzene rings is 1. The first-order chi connectivity index (χ1) is 7.26. The van der Waals surface area contributed by atoms with Crippen molar-refractivity contribution >= 4 is 24.1 Å². The van der Waals surface area contributed by atoms with Crippen LogP contribution in [0.25, 0.3) is 0 Å². The lowest BCUT2D eigenvalue weighted by Crippen LogP contribution is -2.24. The van der Waals surface area contributed by atoms with Gasteiger partial charge in [-0.15, -0.1) is 11.8 Å². The van der Waals surface area contributed by atoms with Gasteiger partial charge in [0.05, 0.1) is 6.10 Å². The van der Waals surface area contributed by atoms with Gasteiger partial charge in [-0.3, -0.25) is 0 Å². The molecule has 0 amide bonds. The van der Waals surface area contributed by atoms with Gasteiger partial charge in [0.25, 0.3) is 0 Å². The standard InChI is InChI=1S/C11H16BNOS/c1-3-11-9-5-4-8(15-7-13)6-10(9)12(2)14-11/h4-6,11H,3,7,13H2,1-2H3. The zero-order valence-corrected chi connectivity index (χ0v) is 10.0. The van der Waals surface area contributed by atoms with Gasteiger partial charge in [0.15, 0.2) is 0 Å². The van der Waals surface area contributed by atoms with Crippen LogP contribution in [0.4, 0.5) is 0 Å². The summed E-state index contributed by atoms with van der Waals surface area (Å²) in [5.74, 6) is 0.630. The summed E-state index contributed by atoms with van der Waals surface area (Å²) >= 11 is 1.67. The van der Waals surface area contributed by atoms with E-state index < -0.39 is 0 Å². The van der Waals surface area contributed by atoms with Crippen molar-refractivity contribution in [3.8, 4) is 0 Å². The fraction of sp³-hybridized carbons (Fsp3) is 0.455. The Morgan fingerprint density at radius 1 is 1.53 bits per heavy atom. The molecule has 0 radical (unpaired) electrons. The summed E-state index contributed by atoms with van der Waals surface area (Å²) in [5.41, 5.74) is 8.21. The first kappa shape index (κ1) is 11.1. The van der Waals surface area contributed by atoms with Crippen LogP contribution in [0.15, 0.2) is 23.1 Å². The summed E-state index contributed by atoms with van der Waals surface area (Å²) in [5, 5.41) is 0. The first-order valence-electron chi connectivity index (χ1n) is 5.38. The molecule has 0 fully saturated rings. The van der Waals surface area contributed by atoms with Crippen molar-refractivity contribution in [1.82, 2.24) is 0 Å². The predicted octanol–water partition coefficient (Wildman–Crippen LogP) is 2.00. The van der Waals surface area contributed by atoms with Crippen molar-refractivity contribution in [2.75, 3.05) is 5.88 Å². The second-order valence-electron chi connectivity index (χ2n) is 3.78. The van der Waals surface area contributed by atoms with E-state index in [1.54, 1.807) is 11.8 Å². The smallest absolute Gasteiger partial charge is 0.324 e. The summed E-state index contributed by atoms with van der Waals surface area (Å²) in [6.07, 6.45) is 1.33. The van der Waals surface area contributed by atoms with Crippen molar-refractivity contribution in [2.24, 2.45) is 5.73 Å². The van der Waals surface area contributed by atoms with Gasteiger partial charge in [-0.2, -0.15) is 0 Å². The highest BCUT2D eigenvalue weighted by Crippen LogP contribution is 2.29. The monoisotopic (exact) mass is 221 g/mol. The van der Waals surface area contributed by atoms with Crippen molar-refractivity contribution in [2.45, 2.75) is 31.2 Å². The zero-order valence-electron chi connectivity index (χ0n) is 9.19. The minimum Gasteiger partial charge on any atom is -0.424 e. The normalized spacial score (nSPS) is 19.4. The van der Waals surface area contributed by atoms with Crippen LogP contribution in [-0.2, 0) is 4.65 Å². The minimum atomic E-state index is 0.225. The van der Waals surface area contributed by atoms with E-state index in [4.69, 9.17) is 10.4 Å². The Labute approximate surface area is 95.7 Å². The molecule has 0 spiro atoms. The molecular formula is C11H16BNOS. The lowest BCUT2D eigenvalue weighted by Gasteiger charge is -2.09. The lowest BCUT2D eigenvalue weighted by atomic mass is 9.64. The highest BCUT2D eigenvalue weighted by Gasteiger charge is 2.30. The molecule has 4 heteroatoms. The molecule has 0 aromatic heterocycles. The van der Waals surface area contributed by atoms with Crippen molar-refractivity contribution in [3.05, 3.63) is 23.8 Å². The Hall–Kier alpha value is -0.445. The zero-order chi connectivity index (χ0) is 10.8. The Kier molecular flexibility index (Phi) is 3.39. The van der Waals surface area contributed by atoms with Crippen LogP contribution in [0, 0.1) is 0 Å². The fourth-order valence-corrected chi connectivity index (χ4v) is 2.66. The molecule has 1 aromatic rings. The molecule has 1 aromatic carbocycles. The third-order valence-corrected chi connectivity index (χ3v) is 3.59. The molecule has 0 aliphatic carbocycles. The second kappa shape index (κ2) is 4.60. The third-order valence-electron chi connectivity index (χ3n) is 2.83. The average molecular weight is 221 g/mol. The second-order valence-corrected chi connectivity index (χ2v) is 4.87. The van der Waals surface area contributed by atoms with E-state index in [-0.39, 0.29) is 13.0 Å². The van der Waals surface area contributed by atoms with Crippen molar-refractivity contribution in [3.63, 3.8) is 0 Å². The maximum atomic E-state index is 5.87. The number of rotatable bonds is 3. The molecule has 1 heterocycles. The van der Waals surface area contributed by atoms with Crippen LogP contribution >= 0.6 is 11.8 Å². The molecule has 1 unspecified atom stereocenters. The highest BCUT2D eigenvalue weighted by molar-refractivity contribution is 7.99. The number of fused-ring (bicyclic) bond motifs is 1. The van der Waals surface area contributed by atoms with E-state index >= 15 is 0 Å². The van der Waals surface area contributed by atoms with Crippen molar-refractivity contribution < 1.29 is 4.65 Å². The van der Waals surface area contributed by atoms with E-state index in [0.717, 1.165) is 6.42 Å². The van der Waals surface area contributed by atoms with Gasteiger partial charge < -0.3 is 10.4 Å². The Bertz CT molecular complexity index is 358. The number of thioether (sulfide) groups is 1. The number of hydrogen-bond donors (Lipinski definition) is 1. The molecule has 15 heavy (non-hydrogen) atoms. The summed E-state index contributed by atoms with van der Waals surface area (Å²) in [4.78, 5) is 1.24. The largest absolute Gasteiger partial charge is 0.424 e. The van der Waals surface area contributed by atoms with Gasteiger partial charge in [-0.1, -0.05) is 25.9 Å². The van der Waals surface area contributed by atoms with Crippen LogP contribution in [0.1, 0.15) is 25.0 Å². The van der Waals surface area contributed by atoms with E-state index in [1.807, 2.05) is 0 Å². The Morgan fingerprint density at radius 3 is 3.00 bits per heavy atom. The summed E-state index contributed by atoms with van der Waals surface area (Å²) in [6.45, 7) is 4.50. The maximum absolute atomic E-state index is 5.87. The average Bonchev–Trinajstić information content (AvgIpc) is 2.56. The van der Waals surface area contributed by atoms with Crippen LogP contribution in [0.3, 0.4) is 0 Å². The van der Waals surface area contributed by atoms with Gasteiger partial charge in [0, 0.05) is 10.8 Å². The quantitative estimate of drug-likeness (QED) is 0.481. The van der Waals surface area contributed by atoms with E-state index in [9.17, 15) is 0 Å². The Morgan fingerprint density at radius 2 is 2.33 bits per heavy atom. The molecule has 0 saturated heterocycles. The molecule has 0 bridgehead atoms. The summed E-state index contributed by atoms with van der Waals surface area (Å²) < 4.78 is 5.87. The Balaban J connectivity index is 2.32. The molecule has 1 aliphatic heterocycles. The SMILES string of the molecule is CCC1OB(C)c2cc(SCN)ccc21. The van der Waals surface area contributed by atoms with Crippen LogP contribution in [0.2, 0.25) is 6.82 Å². The molecule has 2 nitrogen and oxygen atoms in total. The molecule has 0 saturated carbocycles. The molecule has 2 rings (SSSR count). The summed E-state index contributed by atoms with van der Waals surface area (Å²) in [7, 11) is 0. The molecule has 1 aliphatic rings. The first-order valence-corrected chi connectivity index (χ1v) is 6.37. The van der Waals surface area contributed by atoms with E-state index in [0.29, 0.717) is 5.88 Å². The van der Waals surface area contributed by atoms with Crippen LogP contribution < -0.4 is 11.2 Å². The highest BCUT2D eigenvalue weighted by atomic mass is 32.2. The lowest BCUT2D eigenvalue weighted by molar-refractivity contribution is 0.221. The minimum absolute atomic E-state index is 0.225. The van der Waals surface area contributed by atoms with Crippen LogP contribution in [-0.4, -0.2) is 12.8 Å². The van der Waals surface area contributed by atoms with Gasteiger partial charge in [0.1, 0.15) is 0 Å². The van der Waals surface area contributed by atoms with Gasteiger partial charge in [-0.05, 0) is 23.5 Å². The molecule has 2 N–H and O–H groups in total. The maximum Gasteiger partial charge on any atom is 0.324 e. The van der Waals surface area contributed by atoms with Gasteiger partial charge >= 0.3 is 6.92 Å².